The summed E-state index contributed by atoms with van der Waals surface area (Å²) in [5, 5.41) is 0. The Balaban J connectivity index is 1.88. The highest BCUT2D eigenvalue weighted by Crippen LogP contribution is 2.33. The lowest BCUT2D eigenvalue weighted by Gasteiger charge is -2.38. The number of alkyl halides is 3. The molecule has 2 N–H and O–H groups in total. The molecule has 4 nitrogen and oxygen atoms in total. The van der Waals surface area contributed by atoms with Crippen LogP contribution in [0.1, 0.15) is 23.4 Å². The third-order valence-corrected chi connectivity index (χ3v) is 4.21. The van der Waals surface area contributed by atoms with E-state index in [1.54, 1.807) is 6.07 Å². The fourth-order valence-electron chi connectivity index (χ4n) is 2.96. The number of hydrogen-bond donors (Lipinski definition) is 1. The molecule has 1 fully saturated rings. The minimum Gasteiger partial charge on any atom is -0.451 e. The summed E-state index contributed by atoms with van der Waals surface area (Å²) in [5.41, 5.74) is 5.85. The third-order valence-electron chi connectivity index (χ3n) is 4.21. The van der Waals surface area contributed by atoms with Crippen molar-refractivity contribution in [1.29, 1.82) is 0 Å². The molecule has 2 heterocycles. The number of carbonyl (C=O) groups excluding carboxylic acids is 1. The Morgan fingerprint density at radius 3 is 2.56 bits per heavy atom. The topological polar surface area (TPSA) is 59.5 Å². The van der Waals surface area contributed by atoms with Gasteiger partial charge < -0.3 is 15.1 Å². The molecule has 1 aromatic heterocycles. The van der Waals surface area contributed by atoms with Crippen LogP contribution in [0.5, 0.6) is 0 Å². The fourth-order valence-corrected chi connectivity index (χ4v) is 2.96. The van der Waals surface area contributed by atoms with Gasteiger partial charge in [-0.2, -0.15) is 13.2 Å². The first-order valence-electron chi connectivity index (χ1n) is 7.75. The van der Waals surface area contributed by atoms with Gasteiger partial charge in [0.15, 0.2) is 5.76 Å². The average molecular weight is 356 g/mol. The van der Waals surface area contributed by atoms with Crippen molar-refractivity contribution in [3.8, 4) is 11.3 Å². The van der Waals surface area contributed by atoms with Gasteiger partial charge in [-0.05, 0) is 37.1 Å². The van der Waals surface area contributed by atoms with Crippen LogP contribution in [0.2, 0.25) is 0 Å². The lowest BCUT2D eigenvalue weighted by molar-refractivity contribution is -0.184. The lowest BCUT2D eigenvalue weighted by Crippen LogP contribution is -2.56. The maximum absolute atomic E-state index is 13.8. The highest BCUT2D eigenvalue weighted by Gasteiger charge is 2.48. The minimum atomic E-state index is -4.54. The van der Waals surface area contributed by atoms with E-state index < -0.39 is 30.0 Å². The summed E-state index contributed by atoms with van der Waals surface area (Å²) in [7, 11) is 0. The number of rotatable bonds is 2. The number of nitrogens with zero attached hydrogens (tertiary/aromatic N) is 1. The highest BCUT2D eigenvalue weighted by atomic mass is 19.4. The maximum Gasteiger partial charge on any atom is 0.408 e. The Morgan fingerprint density at radius 1 is 1.16 bits per heavy atom. The first kappa shape index (κ1) is 17.5. The van der Waals surface area contributed by atoms with Crippen molar-refractivity contribution >= 4 is 5.91 Å². The second kappa shape index (κ2) is 6.51. The zero-order valence-corrected chi connectivity index (χ0v) is 13.1. The zero-order chi connectivity index (χ0) is 18.2. The molecule has 1 amide bonds. The van der Waals surface area contributed by atoms with E-state index >= 15 is 0 Å². The monoisotopic (exact) mass is 356 g/mol. The molecule has 2 atom stereocenters. The molecule has 1 aliphatic heterocycles. The fraction of sp³-hybridized carbons (Fsp3) is 0.353. The molecule has 3 rings (SSSR count). The van der Waals surface area contributed by atoms with Gasteiger partial charge in [-0.25, -0.2) is 4.39 Å². The van der Waals surface area contributed by atoms with Gasteiger partial charge in [0.25, 0.3) is 5.91 Å². The summed E-state index contributed by atoms with van der Waals surface area (Å²) >= 11 is 0. The Morgan fingerprint density at radius 2 is 1.88 bits per heavy atom. The molecule has 0 bridgehead atoms. The standard InChI is InChI=1S/C17H16F4N2O2/c18-12-4-2-1-3-11(12)13-6-7-14(25-13)16(24)23-9-10(22)5-8-15(23)17(19,20)21/h1-4,6-7,10,15H,5,8-9,22H2/t10-,15+/m0/s1. The van der Waals surface area contributed by atoms with E-state index in [-0.39, 0.29) is 36.5 Å². The summed E-state index contributed by atoms with van der Waals surface area (Å²) in [6, 6.07) is 5.95. The van der Waals surface area contributed by atoms with Crippen molar-refractivity contribution in [3.63, 3.8) is 0 Å². The van der Waals surface area contributed by atoms with Crippen LogP contribution in [0, 0.1) is 5.82 Å². The predicted octanol–water partition coefficient (Wildman–Crippen LogP) is 3.58. The lowest BCUT2D eigenvalue weighted by atomic mass is 9.98. The first-order chi connectivity index (χ1) is 11.8. The number of carbonyl (C=O) groups is 1. The number of piperidine rings is 1. The molecule has 0 radical (unpaired) electrons. The molecule has 1 aromatic carbocycles. The van der Waals surface area contributed by atoms with Crippen molar-refractivity contribution in [2.75, 3.05) is 6.54 Å². The largest absolute Gasteiger partial charge is 0.451 e. The second-order valence-electron chi connectivity index (χ2n) is 6.00. The molecular weight excluding hydrogens is 340 g/mol. The molecule has 134 valence electrons. The van der Waals surface area contributed by atoms with Crippen LogP contribution in [-0.4, -0.2) is 35.6 Å². The Labute approximate surface area is 141 Å². The van der Waals surface area contributed by atoms with Gasteiger partial charge in [-0.3, -0.25) is 4.79 Å². The van der Waals surface area contributed by atoms with E-state index in [2.05, 4.69) is 0 Å². The van der Waals surface area contributed by atoms with E-state index in [9.17, 15) is 22.4 Å². The molecule has 0 spiro atoms. The van der Waals surface area contributed by atoms with Gasteiger partial charge in [0.1, 0.15) is 17.6 Å². The molecule has 0 unspecified atom stereocenters. The number of likely N-dealkylation sites (tertiary alicyclic amines) is 1. The summed E-state index contributed by atoms with van der Waals surface area (Å²) in [6.07, 6.45) is -4.61. The van der Waals surface area contributed by atoms with Crippen LogP contribution in [-0.2, 0) is 0 Å². The van der Waals surface area contributed by atoms with E-state index in [0.717, 1.165) is 0 Å². The summed E-state index contributed by atoms with van der Waals surface area (Å²) in [5.74, 6) is -1.66. The Hall–Kier alpha value is -2.35. The quantitative estimate of drug-likeness (QED) is 0.837. The minimum absolute atomic E-state index is 0.0753. The van der Waals surface area contributed by atoms with E-state index in [1.165, 1.54) is 30.3 Å². The van der Waals surface area contributed by atoms with Crippen molar-refractivity contribution in [2.24, 2.45) is 5.73 Å². The summed E-state index contributed by atoms with van der Waals surface area (Å²) in [4.78, 5) is 13.2. The van der Waals surface area contributed by atoms with Gasteiger partial charge in [0.05, 0.1) is 5.56 Å². The van der Waals surface area contributed by atoms with E-state index in [1.807, 2.05) is 0 Å². The van der Waals surface area contributed by atoms with Crippen LogP contribution < -0.4 is 5.73 Å². The van der Waals surface area contributed by atoms with Crippen molar-refractivity contribution < 1.29 is 26.8 Å². The number of halogens is 4. The van der Waals surface area contributed by atoms with Gasteiger partial charge in [-0.1, -0.05) is 12.1 Å². The van der Waals surface area contributed by atoms with Crippen LogP contribution in [0.4, 0.5) is 17.6 Å². The van der Waals surface area contributed by atoms with Crippen molar-refractivity contribution in [3.05, 3.63) is 48.0 Å². The normalized spacial score (nSPS) is 21.4. The van der Waals surface area contributed by atoms with Gasteiger partial charge >= 0.3 is 6.18 Å². The van der Waals surface area contributed by atoms with Crippen LogP contribution in [0.3, 0.4) is 0 Å². The van der Waals surface area contributed by atoms with Crippen LogP contribution >= 0.6 is 0 Å². The molecule has 0 aliphatic carbocycles. The van der Waals surface area contributed by atoms with E-state index in [4.69, 9.17) is 10.2 Å². The number of nitrogens with two attached hydrogens (primary N) is 1. The molecule has 1 saturated heterocycles. The Bertz CT molecular complexity index is 772. The molecule has 25 heavy (non-hydrogen) atoms. The van der Waals surface area contributed by atoms with Gasteiger partial charge in [0, 0.05) is 12.6 Å². The zero-order valence-electron chi connectivity index (χ0n) is 13.1. The smallest absolute Gasteiger partial charge is 0.408 e. The maximum atomic E-state index is 13.8. The number of hydrogen-bond acceptors (Lipinski definition) is 3. The molecule has 0 saturated carbocycles. The SMILES string of the molecule is N[C@H]1CC[C@H](C(F)(F)F)N(C(=O)c2ccc(-c3ccccc3F)o2)C1. The Kier molecular flexibility index (Phi) is 4.55. The molecule has 8 heteroatoms. The highest BCUT2D eigenvalue weighted by molar-refractivity contribution is 5.92. The molecule has 1 aliphatic rings. The van der Waals surface area contributed by atoms with Gasteiger partial charge in [0.2, 0.25) is 0 Å². The second-order valence-corrected chi connectivity index (χ2v) is 6.00. The van der Waals surface area contributed by atoms with Crippen molar-refractivity contribution in [2.45, 2.75) is 31.1 Å². The summed E-state index contributed by atoms with van der Waals surface area (Å²) < 4.78 is 58.7. The first-order valence-corrected chi connectivity index (χ1v) is 7.75. The molecular formula is C17H16F4N2O2. The summed E-state index contributed by atoms with van der Waals surface area (Å²) in [6.45, 7) is -0.210. The van der Waals surface area contributed by atoms with Crippen LogP contribution in [0.15, 0.2) is 40.8 Å². The van der Waals surface area contributed by atoms with E-state index in [0.29, 0.717) is 4.90 Å². The van der Waals surface area contributed by atoms with Crippen molar-refractivity contribution in [1.82, 2.24) is 4.90 Å². The number of amides is 1. The predicted molar refractivity (Wildman–Crippen MR) is 82.2 cm³/mol. The van der Waals surface area contributed by atoms with Gasteiger partial charge in [-0.15, -0.1) is 0 Å². The third kappa shape index (κ3) is 3.53. The molecule has 2 aromatic rings. The number of furan rings is 1. The van der Waals surface area contributed by atoms with Crippen LogP contribution in [0.25, 0.3) is 11.3 Å². The number of benzene rings is 1. The average Bonchev–Trinajstić information content (AvgIpc) is 3.03.